The topological polar surface area (TPSA) is 38.0 Å². The molecule has 112 valence electrons. The third kappa shape index (κ3) is 3.51. The van der Waals surface area contributed by atoms with Crippen molar-refractivity contribution >= 4 is 0 Å². The summed E-state index contributed by atoms with van der Waals surface area (Å²) in [5.41, 5.74) is 3.73. The third-order valence-corrected chi connectivity index (χ3v) is 4.37. The van der Waals surface area contributed by atoms with Gasteiger partial charge in [0.15, 0.2) is 0 Å². The number of aliphatic hydroxyl groups is 1. The Hall–Kier alpha value is -1.09. The van der Waals surface area contributed by atoms with E-state index in [1.54, 1.807) is 0 Å². The van der Waals surface area contributed by atoms with Crippen molar-refractivity contribution in [2.45, 2.75) is 66.0 Å². The molecule has 2 rings (SSSR count). The molecule has 0 bridgehead atoms. The van der Waals surface area contributed by atoms with Gasteiger partial charge in [0.05, 0.1) is 11.8 Å². The van der Waals surface area contributed by atoms with Gasteiger partial charge in [-0.2, -0.15) is 5.10 Å². The van der Waals surface area contributed by atoms with Crippen LogP contribution >= 0.6 is 0 Å². The van der Waals surface area contributed by atoms with Crippen LogP contribution in [0, 0.1) is 11.8 Å². The predicted octanol–water partition coefficient (Wildman–Crippen LogP) is 3.36. The van der Waals surface area contributed by atoms with Crippen LogP contribution in [0.1, 0.15) is 51.9 Å². The van der Waals surface area contributed by atoms with Crippen LogP contribution in [-0.4, -0.2) is 21.0 Å². The van der Waals surface area contributed by atoms with Gasteiger partial charge in [-0.05, 0) is 51.0 Å². The molecule has 3 nitrogen and oxygen atoms in total. The average Bonchev–Trinajstić information content (AvgIpc) is 2.79. The van der Waals surface area contributed by atoms with Crippen LogP contribution in [0.5, 0.6) is 0 Å². The fraction of sp³-hybridized carbons (Fsp3) is 0.706. The summed E-state index contributed by atoms with van der Waals surface area (Å²) in [7, 11) is 0. The van der Waals surface area contributed by atoms with Gasteiger partial charge in [-0.15, -0.1) is 0 Å². The number of aliphatic hydroxyl groups excluding tert-OH is 1. The molecule has 0 radical (unpaired) electrons. The number of rotatable bonds is 5. The Kier molecular flexibility index (Phi) is 5.03. The summed E-state index contributed by atoms with van der Waals surface area (Å²) in [6, 6.07) is 2.15. The number of hydrogen-bond acceptors (Lipinski definition) is 2. The van der Waals surface area contributed by atoms with Crippen LogP contribution in [0.4, 0.5) is 0 Å². The summed E-state index contributed by atoms with van der Waals surface area (Å²) in [5, 5.41) is 15.2. The van der Waals surface area contributed by atoms with E-state index in [0.717, 1.165) is 37.9 Å². The van der Waals surface area contributed by atoms with E-state index in [-0.39, 0.29) is 6.10 Å². The normalized spacial score (nSPS) is 24.6. The lowest BCUT2D eigenvalue weighted by Crippen LogP contribution is -2.28. The second-order valence-electron chi connectivity index (χ2n) is 6.26. The number of aromatic nitrogens is 2. The van der Waals surface area contributed by atoms with Gasteiger partial charge in [-0.3, -0.25) is 4.68 Å². The van der Waals surface area contributed by atoms with Crippen molar-refractivity contribution in [1.82, 2.24) is 9.78 Å². The first-order valence-electron chi connectivity index (χ1n) is 7.94. The Labute approximate surface area is 122 Å². The lowest BCUT2D eigenvalue weighted by molar-refractivity contribution is 0.0913. The maximum atomic E-state index is 10.6. The molecule has 1 aromatic heterocycles. The maximum absolute atomic E-state index is 10.6. The molecule has 1 aliphatic rings. The molecule has 1 heterocycles. The number of aryl methyl sites for hydroxylation is 2. The fourth-order valence-corrected chi connectivity index (χ4v) is 3.40. The van der Waals surface area contributed by atoms with Crippen LogP contribution < -0.4 is 0 Å². The van der Waals surface area contributed by atoms with E-state index in [1.165, 1.54) is 11.3 Å². The second-order valence-corrected chi connectivity index (χ2v) is 6.26. The summed E-state index contributed by atoms with van der Waals surface area (Å²) in [5.74, 6) is 0.978. The van der Waals surface area contributed by atoms with Crippen molar-refractivity contribution < 1.29 is 5.11 Å². The summed E-state index contributed by atoms with van der Waals surface area (Å²) < 4.78 is 2.04. The Morgan fingerprint density at radius 2 is 2.20 bits per heavy atom. The highest BCUT2D eigenvalue weighted by Crippen LogP contribution is 2.31. The first-order valence-corrected chi connectivity index (χ1v) is 7.94. The van der Waals surface area contributed by atoms with Crippen molar-refractivity contribution in [2.75, 3.05) is 0 Å². The van der Waals surface area contributed by atoms with Crippen molar-refractivity contribution in [2.24, 2.45) is 11.8 Å². The van der Waals surface area contributed by atoms with Gasteiger partial charge >= 0.3 is 0 Å². The maximum Gasteiger partial charge on any atom is 0.0626 e. The van der Waals surface area contributed by atoms with Crippen molar-refractivity contribution in [3.8, 4) is 0 Å². The number of allylic oxidation sites excluding steroid dienone is 2. The average molecular weight is 276 g/mol. The highest BCUT2D eigenvalue weighted by molar-refractivity contribution is 5.13. The standard InChI is InChI=1S/C17H28N2O/c1-5-15-10-16(19(6-2)18-15)11-17(20)14-8-12(3)7-13(4)9-14/h7,10,12,14,17,20H,5-6,8-9,11H2,1-4H3. The zero-order valence-corrected chi connectivity index (χ0v) is 13.3. The molecule has 0 spiro atoms. The summed E-state index contributed by atoms with van der Waals surface area (Å²) in [6.45, 7) is 9.54. The van der Waals surface area contributed by atoms with E-state index in [1.807, 2.05) is 4.68 Å². The Balaban J connectivity index is 2.06. The third-order valence-electron chi connectivity index (χ3n) is 4.37. The molecule has 3 heteroatoms. The highest BCUT2D eigenvalue weighted by atomic mass is 16.3. The molecular weight excluding hydrogens is 248 g/mol. The van der Waals surface area contributed by atoms with Gasteiger partial charge < -0.3 is 5.11 Å². The van der Waals surface area contributed by atoms with Crippen LogP contribution in [-0.2, 0) is 19.4 Å². The van der Waals surface area contributed by atoms with E-state index in [9.17, 15) is 5.11 Å². The van der Waals surface area contributed by atoms with Gasteiger partial charge in [0.25, 0.3) is 0 Å². The van der Waals surface area contributed by atoms with Gasteiger partial charge in [0.2, 0.25) is 0 Å². The van der Waals surface area contributed by atoms with Gasteiger partial charge in [-0.25, -0.2) is 0 Å². The van der Waals surface area contributed by atoms with Crippen molar-refractivity contribution in [3.05, 3.63) is 29.1 Å². The minimum absolute atomic E-state index is 0.257. The van der Waals surface area contributed by atoms with E-state index >= 15 is 0 Å². The molecule has 0 aromatic carbocycles. The van der Waals surface area contributed by atoms with Crippen molar-refractivity contribution in [1.29, 1.82) is 0 Å². The molecule has 0 saturated carbocycles. The van der Waals surface area contributed by atoms with Gasteiger partial charge in [-0.1, -0.05) is 25.5 Å². The molecule has 0 amide bonds. The molecule has 3 atom stereocenters. The number of hydrogen-bond donors (Lipinski definition) is 1. The minimum atomic E-state index is -0.257. The smallest absolute Gasteiger partial charge is 0.0626 e. The van der Waals surface area contributed by atoms with Crippen molar-refractivity contribution in [3.63, 3.8) is 0 Å². The minimum Gasteiger partial charge on any atom is -0.392 e. The first kappa shape index (κ1) is 15.3. The molecule has 1 aromatic rings. The zero-order chi connectivity index (χ0) is 14.7. The van der Waals surface area contributed by atoms with Gasteiger partial charge in [0, 0.05) is 18.7 Å². The highest BCUT2D eigenvalue weighted by Gasteiger charge is 2.26. The quantitative estimate of drug-likeness (QED) is 0.837. The Morgan fingerprint density at radius 1 is 1.45 bits per heavy atom. The Bertz CT molecular complexity index is 475. The summed E-state index contributed by atoms with van der Waals surface area (Å²) in [4.78, 5) is 0. The van der Waals surface area contributed by atoms with Crippen LogP contribution in [0.2, 0.25) is 0 Å². The summed E-state index contributed by atoms with van der Waals surface area (Å²) in [6.07, 6.45) is 5.90. The largest absolute Gasteiger partial charge is 0.392 e. The van der Waals surface area contributed by atoms with E-state index in [4.69, 9.17) is 0 Å². The molecule has 1 N–H and O–H groups in total. The second kappa shape index (κ2) is 6.57. The summed E-state index contributed by atoms with van der Waals surface area (Å²) >= 11 is 0. The zero-order valence-electron chi connectivity index (χ0n) is 13.3. The molecule has 0 fully saturated rings. The Morgan fingerprint density at radius 3 is 2.80 bits per heavy atom. The van der Waals surface area contributed by atoms with E-state index < -0.39 is 0 Å². The monoisotopic (exact) mass is 276 g/mol. The van der Waals surface area contributed by atoms with E-state index in [2.05, 4.69) is 44.9 Å². The molecule has 3 unspecified atom stereocenters. The van der Waals surface area contributed by atoms with E-state index in [0.29, 0.717) is 11.8 Å². The SMILES string of the molecule is CCc1cc(CC(O)C2CC(C)=CC(C)C2)n(CC)n1. The van der Waals surface area contributed by atoms with Crippen LogP contribution in [0.15, 0.2) is 17.7 Å². The predicted molar refractivity (Wildman–Crippen MR) is 82.6 cm³/mol. The molecule has 0 aliphatic heterocycles. The number of nitrogens with zero attached hydrogens (tertiary/aromatic N) is 2. The molecule has 0 saturated heterocycles. The fourth-order valence-electron chi connectivity index (χ4n) is 3.40. The van der Waals surface area contributed by atoms with Crippen LogP contribution in [0.3, 0.4) is 0 Å². The van der Waals surface area contributed by atoms with Crippen LogP contribution in [0.25, 0.3) is 0 Å². The molecule has 20 heavy (non-hydrogen) atoms. The van der Waals surface area contributed by atoms with Gasteiger partial charge in [0.1, 0.15) is 0 Å². The lowest BCUT2D eigenvalue weighted by atomic mass is 9.79. The lowest BCUT2D eigenvalue weighted by Gasteiger charge is -2.29. The molecule has 1 aliphatic carbocycles. The first-order chi connectivity index (χ1) is 9.53. The molecular formula is C17H28N2O.